The first-order valence-electron chi connectivity index (χ1n) is 7.52. The van der Waals surface area contributed by atoms with Crippen molar-refractivity contribution in [1.29, 1.82) is 0 Å². The Morgan fingerprint density at radius 1 is 1.33 bits per heavy atom. The Balaban J connectivity index is 1.82. The van der Waals surface area contributed by atoms with E-state index in [0.717, 1.165) is 19.3 Å². The van der Waals surface area contributed by atoms with Crippen LogP contribution in [0.25, 0.3) is 0 Å². The molecule has 1 saturated carbocycles. The molecule has 2 N–H and O–H groups in total. The normalized spacial score (nSPS) is 29.3. The largest absolute Gasteiger partial charge is 0.505 e. The number of halogens is 1. The van der Waals surface area contributed by atoms with Crippen molar-refractivity contribution < 1.29 is 19.4 Å². The van der Waals surface area contributed by atoms with Crippen molar-refractivity contribution in [2.75, 3.05) is 0 Å². The number of rotatable bonds is 3. The minimum atomic E-state index is -0.788. The van der Waals surface area contributed by atoms with E-state index in [-0.39, 0.29) is 11.8 Å². The quantitative estimate of drug-likeness (QED) is 0.899. The van der Waals surface area contributed by atoms with Crippen LogP contribution in [0, 0.1) is 11.7 Å². The molecule has 1 heterocycles. The van der Waals surface area contributed by atoms with Crippen molar-refractivity contribution in [3.63, 3.8) is 0 Å². The number of hydrogen-bond acceptors (Lipinski definition) is 3. The second kappa shape index (κ2) is 5.64. The zero-order chi connectivity index (χ0) is 15.0. The number of fused-ring (bicyclic) bond motifs is 1. The minimum Gasteiger partial charge on any atom is -0.505 e. The fourth-order valence-electron chi connectivity index (χ4n) is 3.88. The van der Waals surface area contributed by atoms with Gasteiger partial charge in [0.25, 0.3) is 0 Å². The molecule has 114 valence electrons. The van der Waals surface area contributed by atoms with Crippen LogP contribution in [0.4, 0.5) is 4.39 Å². The highest BCUT2D eigenvalue weighted by Gasteiger charge is 2.44. The van der Waals surface area contributed by atoms with Crippen molar-refractivity contribution in [1.82, 2.24) is 4.90 Å². The highest BCUT2D eigenvalue weighted by atomic mass is 19.1. The molecule has 1 aliphatic carbocycles. The topological polar surface area (TPSA) is 60.8 Å². The number of nitrogens with zero attached hydrogens (tertiary/aromatic N) is 1. The molecule has 1 aliphatic heterocycles. The molecule has 0 bridgehead atoms. The summed E-state index contributed by atoms with van der Waals surface area (Å²) in [6.45, 7) is 0.426. The molecule has 0 radical (unpaired) electrons. The van der Waals surface area contributed by atoms with Crippen molar-refractivity contribution >= 4 is 5.97 Å². The molecule has 21 heavy (non-hydrogen) atoms. The van der Waals surface area contributed by atoms with E-state index in [4.69, 9.17) is 0 Å². The number of carbonyl (C=O) groups is 1. The van der Waals surface area contributed by atoms with E-state index in [0.29, 0.717) is 24.4 Å². The maximum absolute atomic E-state index is 13.5. The summed E-state index contributed by atoms with van der Waals surface area (Å²) in [5.74, 6) is -1.37. The number of carboxylic acid groups (broad SMARTS) is 1. The Morgan fingerprint density at radius 3 is 2.81 bits per heavy atom. The maximum atomic E-state index is 13.5. The highest BCUT2D eigenvalue weighted by Crippen LogP contribution is 2.40. The molecule has 0 aromatic heterocycles. The Hall–Kier alpha value is -1.62. The first-order valence-corrected chi connectivity index (χ1v) is 7.52. The summed E-state index contributed by atoms with van der Waals surface area (Å²) in [6.07, 6.45) is 5.12. The van der Waals surface area contributed by atoms with Gasteiger partial charge >= 0.3 is 5.97 Å². The summed E-state index contributed by atoms with van der Waals surface area (Å²) in [5, 5.41) is 18.7. The van der Waals surface area contributed by atoms with Crippen LogP contribution in [0.1, 0.15) is 37.7 Å². The average Bonchev–Trinajstić information content (AvgIpc) is 2.82. The third-order valence-electron chi connectivity index (χ3n) is 4.88. The lowest BCUT2D eigenvalue weighted by Gasteiger charge is -2.33. The molecule has 3 atom stereocenters. The first-order chi connectivity index (χ1) is 10.1. The first kappa shape index (κ1) is 14.3. The lowest BCUT2D eigenvalue weighted by atomic mass is 9.84. The molecule has 2 fully saturated rings. The number of phenolic OH excluding ortho intramolecular Hbond substituents is 1. The van der Waals surface area contributed by atoms with Gasteiger partial charge in [-0.15, -0.1) is 0 Å². The minimum absolute atomic E-state index is 0.289. The van der Waals surface area contributed by atoms with Gasteiger partial charge < -0.3 is 10.2 Å². The molecule has 0 spiro atoms. The second-order valence-corrected chi connectivity index (χ2v) is 6.16. The number of aromatic hydroxyl groups is 1. The third-order valence-corrected chi connectivity index (χ3v) is 4.88. The van der Waals surface area contributed by atoms with Crippen molar-refractivity contribution in [2.45, 2.75) is 50.7 Å². The summed E-state index contributed by atoms with van der Waals surface area (Å²) in [4.78, 5) is 13.5. The summed E-state index contributed by atoms with van der Waals surface area (Å²) < 4.78 is 13.5. The fourth-order valence-corrected chi connectivity index (χ4v) is 3.88. The van der Waals surface area contributed by atoms with Crippen LogP contribution in [0.3, 0.4) is 0 Å². The highest BCUT2D eigenvalue weighted by molar-refractivity contribution is 5.74. The van der Waals surface area contributed by atoms with Crippen molar-refractivity contribution in [2.24, 2.45) is 5.92 Å². The van der Waals surface area contributed by atoms with Gasteiger partial charge in [0.05, 0.1) is 0 Å². The molecular formula is C16H20FNO3. The molecule has 2 aliphatic rings. The zero-order valence-electron chi connectivity index (χ0n) is 11.8. The van der Waals surface area contributed by atoms with Gasteiger partial charge in [0.15, 0.2) is 11.6 Å². The predicted molar refractivity (Wildman–Crippen MR) is 75.4 cm³/mol. The van der Waals surface area contributed by atoms with E-state index < -0.39 is 17.8 Å². The van der Waals surface area contributed by atoms with Gasteiger partial charge in [0.2, 0.25) is 0 Å². The monoisotopic (exact) mass is 293 g/mol. The van der Waals surface area contributed by atoms with E-state index in [2.05, 4.69) is 0 Å². The van der Waals surface area contributed by atoms with Crippen LogP contribution in [-0.2, 0) is 11.3 Å². The summed E-state index contributed by atoms with van der Waals surface area (Å²) in [5.41, 5.74) is 0.711. The smallest absolute Gasteiger partial charge is 0.320 e. The number of likely N-dealkylation sites (tertiary alicyclic amines) is 1. The molecule has 4 nitrogen and oxygen atoms in total. The van der Waals surface area contributed by atoms with Gasteiger partial charge in [-0.05, 0) is 42.9 Å². The molecule has 1 saturated heterocycles. The van der Waals surface area contributed by atoms with Crippen LogP contribution in [-0.4, -0.2) is 33.2 Å². The summed E-state index contributed by atoms with van der Waals surface area (Å²) >= 11 is 0. The molecule has 0 amide bonds. The van der Waals surface area contributed by atoms with Gasteiger partial charge in [-0.25, -0.2) is 4.39 Å². The molecular weight excluding hydrogens is 273 g/mol. The van der Waals surface area contributed by atoms with Gasteiger partial charge in [-0.1, -0.05) is 18.9 Å². The Kier molecular flexibility index (Phi) is 3.85. The number of phenols is 1. The predicted octanol–water partition coefficient (Wildman–Crippen LogP) is 2.75. The lowest BCUT2D eigenvalue weighted by molar-refractivity contribution is -0.142. The van der Waals surface area contributed by atoms with Gasteiger partial charge in [-0.2, -0.15) is 0 Å². The van der Waals surface area contributed by atoms with E-state index in [1.165, 1.54) is 18.6 Å². The van der Waals surface area contributed by atoms with E-state index >= 15 is 0 Å². The second-order valence-electron chi connectivity index (χ2n) is 6.16. The molecule has 5 heteroatoms. The Labute approximate surface area is 123 Å². The standard InChI is InChI=1S/C16H20FNO3/c17-12-7-10(5-6-15(12)19)9-18-13-4-2-1-3-11(13)8-14(18)16(20)21/h5-7,11,13-14,19H,1-4,8-9H2,(H,20,21). The van der Waals surface area contributed by atoms with Crippen LogP contribution >= 0.6 is 0 Å². The maximum Gasteiger partial charge on any atom is 0.320 e. The van der Waals surface area contributed by atoms with Gasteiger partial charge in [0.1, 0.15) is 6.04 Å². The van der Waals surface area contributed by atoms with Crippen LogP contribution < -0.4 is 0 Å². The SMILES string of the molecule is O=C(O)C1CC2CCCCC2N1Cc1ccc(O)c(F)c1. The lowest BCUT2D eigenvalue weighted by Crippen LogP contribution is -2.41. The number of carboxylic acids is 1. The third kappa shape index (κ3) is 2.75. The number of hydrogen-bond donors (Lipinski definition) is 2. The molecule has 3 unspecified atom stereocenters. The molecule has 3 rings (SSSR count). The van der Waals surface area contributed by atoms with Crippen molar-refractivity contribution in [3.8, 4) is 5.75 Å². The summed E-state index contributed by atoms with van der Waals surface area (Å²) in [7, 11) is 0. The Bertz CT molecular complexity index is 548. The number of benzene rings is 1. The fraction of sp³-hybridized carbons (Fsp3) is 0.562. The average molecular weight is 293 g/mol. The summed E-state index contributed by atoms with van der Waals surface area (Å²) in [6, 6.07) is 4.10. The van der Waals surface area contributed by atoms with Crippen LogP contribution in [0.15, 0.2) is 18.2 Å². The zero-order valence-corrected chi connectivity index (χ0v) is 11.8. The van der Waals surface area contributed by atoms with E-state index in [9.17, 15) is 19.4 Å². The van der Waals surface area contributed by atoms with Crippen LogP contribution in [0.5, 0.6) is 5.75 Å². The van der Waals surface area contributed by atoms with Crippen LogP contribution in [0.2, 0.25) is 0 Å². The van der Waals surface area contributed by atoms with Crippen molar-refractivity contribution in [3.05, 3.63) is 29.6 Å². The molecule has 1 aromatic rings. The van der Waals surface area contributed by atoms with E-state index in [1.54, 1.807) is 6.07 Å². The van der Waals surface area contributed by atoms with Gasteiger partial charge in [0, 0.05) is 12.6 Å². The Morgan fingerprint density at radius 2 is 2.10 bits per heavy atom. The molecule has 1 aromatic carbocycles. The van der Waals surface area contributed by atoms with E-state index in [1.807, 2.05) is 4.90 Å². The number of aliphatic carboxylic acids is 1. The van der Waals surface area contributed by atoms with Gasteiger partial charge in [-0.3, -0.25) is 9.69 Å².